The van der Waals surface area contributed by atoms with Crippen molar-refractivity contribution in [1.29, 1.82) is 0 Å². The standard InChI is InChI=1S/C16H22N2OS/c17-15(20)16(11-7-2-1-3-8-12-16)18-14(19)13-9-5-4-6-10-13/h4-6,9-10H,1-3,7-8,11-12H2,(H2,17,20)(H,18,19). The summed E-state index contributed by atoms with van der Waals surface area (Å²) in [7, 11) is 0. The Morgan fingerprint density at radius 2 is 1.60 bits per heavy atom. The molecule has 4 heteroatoms. The molecule has 1 aromatic carbocycles. The Morgan fingerprint density at radius 3 is 2.15 bits per heavy atom. The Balaban J connectivity index is 2.15. The first-order valence-corrected chi connectivity index (χ1v) is 7.72. The molecule has 1 aromatic rings. The molecule has 1 amide bonds. The van der Waals surface area contributed by atoms with Crippen LogP contribution < -0.4 is 11.1 Å². The van der Waals surface area contributed by atoms with Gasteiger partial charge in [-0.2, -0.15) is 0 Å². The summed E-state index contributed by atoms with van der Waals surface area (Å²) in [6.07, 6.45) is 7.46. The monoisotopic (exact) mass is 290 g/mol. The SMILES string of the molecule is NC(=S)C1(NC(=O)c2ccccc2)CCCCCCC1. The van der Waals surface area contributed by atoms with Crippen molar-refractivity contribution in [3.05, 3.63) is 35.9 Å². The first-order chi connectivity index (χ1) is 9.64. The molecule has 0 spiro atoms. The number of nitrogens with one attached hydrogen (secondary N) is 1. The highest BCUT2D eigenvalue weighted by Gasteiger charge is 2.35. The molecule has 0 aromatic heterocycles. The zero-order chi connectivity index (χ0) is 14.4. The molecular formula is C16H22N2OS. The van der Waals surface area contributed by atoms with Gasteiger partial charge in [0.1, 0.15) is 0 Å². The van der Waals surface area contributed by atoms with Crippen LogP contribution >= 0.6 is 12.2 Å². The van der Waals surface area contributed by atoms with Crippen molar-refractivity contribution >= 4 is 23.1 Å². The van der Waals surface area contributed by atoms with Gasteiger partial charge in [-0.25, -0.2) is 0 Å². The smallest absolute Gasteiger partial charge is 0.252 e. The number of carbonyl (C=O) groups is 1. The number of benzene rings is 1. The number of thiocarbonyl (C=S) groups is 1. The fraction of sp³-hybridized carbons (Fsp3) is 0.500. The first-order valence-electron chi connectivity index (χ1n) is 7.31. The lowest BCUT2D eigenvalue weighted by molar-refractivity contribution is 0.0913. The number of carbonyl (C=O) groups excluding carboxylic acids is 1. The number of hydrogen-bond acceptors (Lipinski definition) is 2. The summed E-state index contributed by atoms with van der Waals surface area (Å²) in [6, 6.07) is 9.24. The number of hydrogen-bond donors (Lipinski definition) is 2. The van der Waals surface area contributed by atoms with E-state index in [1.165, 1.54) is 19.3 Å². The summed E-state index contributed by atoms with van der Waals surface area (Å²) in [5.41, 5.74) is 6.11. The van der Waals surface area contributed by atoms with Crippen LogP contribution in [0.4, 0.5) is 0 Å². The van der Waals surface area contributed by atoms with Gasteiger partial charge in [-0.15, -0.1) is 0 Å². The van der Waals surface area contributed by atoms with Crippen molar-refractivity contribution in [2.45, 2.75) is 50.5 Å². The minimum Gasteiger partial charge on any atom is -0.391 e. The molecule has 0 aliphatic heterocycles. The Labute approximate surface area is 125 Å². The van der Waals surface area contributed by atoms with Crippen LogP contribution in [-0.4, -0.2) is 16.4 Å². The quantitative estimate of drug-likeness (QED) is 0.841. The molecule has 0 atom stereocenters. The van der Waals surface area contributed by atoms with E-state index in [1.807, 2.05) is 30.3 Å². The van der Waals surface area contributed by atoms with E-state index in [0.29, 0.717) is 10.6 Å². The first kappa shape index (κ1) is 15.0. The lowest BCUT2D eigenvalue weighted by atomic mass is 9.83. The molecule has 0 heterocycles. The highest BCUT2D eigenvalue weighted by Crippen LogP contribution is 2.27. The minimum absolute atomic E-state index is 0.0843. The fourth-order valence-electron chi connectivity index (χ4n) is 2.82. The van der Waals surface area contributed by atoms with E-state index in [4.69, 9.17) is 18.0 Å². The lowest BCUT2D eigenvalue weighted by Gasteiger charge is -2.35. The van der Waals surface area contributed by atoms with Gasteiger partial charge in [0.15, 0.2) is 0 Å². The number of rotatable bonds is 3. The van der Waals surface area contributed by atoms with E-state index in [-0.39, 0.29) is 5.91 Å². The Bertz CT molecular complexity index is 465. The maximum atomic E-state index is 12.4. The summed E-state index contributed by atoms with van der Waals surface area (Å²) >= 11 is 5.26. The molecular weight excluding hydrogens is 268 g/mol. The van der Waals surface area contributed by atoms with Crippen molar-refractivity contribution in [2.24, 2.45) is 5.73 Å². The van der Waals surface area contributed by atoms with E-state index in [9.17, 15) is 4.79 Å². The van der Waals surface area contributed by atoms with Crippen LogP contribution in [0.25, 0.3) is 0 Å². The molecule has 0 radical (unpaired) electrons. The van der Waals surface area contributed by atoms with Gasteiger partial charge in [-0.1, -0.05) is 62.5 Å². The molecule has 1 saturated carbocycles. The van der Waals surface area contributed by atoms with Crippen LogP contribution in [0.5, 0.6) is 0 Å². The normalized spacial score (nSPS) is 18.6. The molecule has 20 heavy (non-hydrogen) atoms. The zero-order valence-electron chi connectivity index (χ0n) is 11.7. The maximum Gasteiger partial charge on any atom is 0.252 e. The molecule has 1 aliphatic rings. The van der Waals surface area contributed by atoms with E-state index >= 15 is 0 Å². The van der Waals surface area contributed by atoms with Gasteiger partial charge < -0.3 is 11.1 Å². The molecule has 0 bridgehead atoms. The highest BCUT2D eigenvalue weighted by atomic mass is 32.1. The topological polar surface area (TPSA) is 55.1 Å². The number of nitrogens with two attached hydrogens (primary N) is 1. The minimum atomic E-state index is -0.511. The molecule has 0 saturated heterocycles. The van der Waals surface area contributed by atoms with Crippen molar-refractivity contribution in [2.75, 3.05) is 0 Å². The third-order valence-corrected chi connectivity index (χ3v) is 4.46. The second-order valence-corrected chi connectivity index (χ2v) is 5.97. The van der Waals surface area contributed by atoms with Crippen molar-refractivity contribution < 1.29 is 4.79 Å². The van der Waals surface area contributed by atoms with Crippen LogP contribution in [0.1, 0.15) is 55.3 Å². The number of amides is 1. The molecule has 3 N–H and O–H groups in total. The van der Waals surface area contributed by atoms with E-state index < -0.39 is 5.54 Å². The van der Waals surface area contributed by atoms with E-state index in [0.717, 1.165) is 25.7 Å². The van der Waals surface area contributed by atoms with Gasteiger partial charge in [0.25, 0.3) is 5.91 Å². The van der Waals surface area contributed by atoms with Crippen LogP contribution in [-0.2, 0) is 0 Å². The predicted octanol–water partition coefficient (Wildman–Crippen LogP) is 3.19. The Hall–Kier alpha value is -1.42. The second kappa shape index (κ2) is 6.84. The molecule has 1 aliphatic carbocycles. The third kappa shape index (κ3) is 3.57. The molecule has 2 rings (SSSR count). The van der Waals surface area contributed by atoms with Crippen LogP contribution in [0.2, 0.25) is 0 Å². The summed E-state index contributed by atoms with van der Waals surface area (Å²) in [5.74, 6) is -0.0843. The molecule has 108 valence electrons. The molecule has 1 fully saturated rings. The summed E-state index contributed by atoms with van der Waals surface area (Å²) in [6.45, 7) is 0. The third-order valence-electron chi connectivity index (χ3n) is 4.07. The highest BCUT2D eigenvalue weighted by molar-refractivity contribution is 7.80. The largest absolute Gasteiger partial charge is 0.391 e. The second-order valence-electron chi connectivity index (χ2n) is 5.53. The Kier molecular flexibility index (Phi) is 5.12. The zero-order valence-corrected chi connectivity index (χ0v) is 12.5. The average molecular weight is 290 g/mol. The fourth-order valence-corrected chi connectivity index (χ4v) is 3.08. The van der Waals surface area contributed by atoms with E-state index in [1.54, 1.807) is 0 Å². The van der Waals surface area contributed by atoms with Crippen LogP contribution in [0.3, 0.4) is 0 Å². The Morgan fingerprint density at radius 1 is 1.05 bits per heavy atom. The van der Waals surface area contributed by atoms with Gasteiger partial charge in [-0.3, -0.25) is 4.79 Å². The molecule has 3 nitrogen and oxygen atoms in total. The predicted molar refractivity (Wildman–Crippen MR) is 85.7 cm³/mol. The van der Waals surface area contributed by atoms with E-state index in [2.05, 4.69) is 5.32 Å². The van der Waals surface area contributed by atoms with Crippen molar-refractivity contribution in [3.8, 4) is 0 Å². The lowest BCUT2D eigenvalue weighted by Crippen LogP contribution is -2.57. The van der Waals surface area contributed by atoms with Gasteiger partial charge >= 0.3 is 0 Å². The summed E-state index contributed by atoms with van der Waals surface area (Å²) in [5, 5.41) is 3.11. The van der Waals surface area contributed by atoms with Gasteiger partial charge in [0.05, 0.1) is 10.5 Å². The van der Waals surface area contributed by atoms with Crippen molar-refractivity contribution in [3.63, 3.8) is 0 Å². The van der Waals surface area contributed by atoms with Gasteiger partial charge in [-0.05, 0) is 25.0 Å². The summed E-state index contributed by atoms with van der Waals surface area (Å²) < 4.78 is 0. The maximum absolute atomic E-state index is 12.4. The average Bonchev–Trinajstić information content (AvgIpc) is 2.42. The van der Waals surface area contributed by atoms with Gasteiger partial charge in [0, 0.05) is 5.56 Å². The van der Waals surface area contributed by atoms with Crippen LogP contribution in [0, 0.1) is 0 Å². The molecule has 0 unspecified atom stereocenters. The van der Waals surface area contributed by atoms with Crippen LogP contribution in [0.15, 0.2) is 30.3 Å². The van der Waals surface area contributed by atoms with Gasteiger partial charge in [0.2, 0.25) is 0 Å². The van der Waals surface area contributed by atoms with Crippen molar-refractivity contribution in [1.82, 2.24) is 5.32 Å². The summed E-state index contributed by atoms with van der Waals surface area (Å²) in [4.78, 5) is 12.8.